The number of nitrogens with zero attached hydrogens (tertiary/aromatic N) is 1. The molecular weight excluding hydrogens is 487 g/mol. The second-order valence-corrected chi connectivity index (χ2v) is 9.28. The third-order valence-electron chi connectivity index (χ3n) is 5.54. The zero-order chi connectivity index (χ0) is 25.2. The first-order valence-electron chi connectivity index (χ1n) is 11.1. The lowest BCUT2D eigenvalue weighted by atomic mass is 10.0. The van der Waals surface area contributed by atoms with Gasteiger partial charge in [-0.15, -0.1) is 11.8 Å². The van der Waals surface area contributed by atoms with Crippen LogP contribution in [-0.4, -0.2) is 42.7 Å². The number of nitrogens with one attached hydrogen (secondary N) is 1. The van der Waals surface area contributed by atoms with Gasteiger partial charge in [0.05, 0.1) is 12.9 Å². The number of hydrogen-bond acceptors (Lipinski definition) is 4. The van der Waals surface area contributed by atoms with Crippen LogP contribution in [0.3, 0.4) is 0 Å². The molecule has 0 radical (unpaired) electrons. The van der Waals surface area contributed by atoms with E-state index in [4.69, 9.17) is 16.3 Å². The van der Waals surface area contributed by atoms with Crippen LogP contribution in [0.2, 0.25) is 5.02 Å². The Bertz CT molecular complexity index is 1130. The number of methoxy groups -OCH3 is 1. The Labute approximate surface area is 214 Å². The fraction of sp³-hybridized carbons (Fsp3) is 0.259. The van der Waals surface area contributed by atoms with E-state index in [1.54, 1.807) is 31.2 Å². The van der Waals surface area contributed by atoms with Crippen LogP contribution in [0.5, 0.6) is 5.75 Å². The quantitative estimate of drug-likeness (QED) is 0.386. The average molecular weight is 515 g/mol. The number of carbonyl (C=O) groups is 2. The van der Waals surface area contributed by atoms with Gasteiger partial charge in [-0.1, -0.05) is 60.1 Å². The van der Waals surface area contributed by atoms with Crippen molar-refractivity contribution in [2.45, 2.75) is 24.8 Å². The smallest absolute Gasteiger partial charge is 0.242 e. The van der Waals surface area contributed by atoms with E-state index in [0.29, 0.717) is 22.8 Å². The number of ether oxygens (including phenoxy) is 1. The van der Waals surface area contributed by atoms with Gasteiger partial charge in [-0.05, 0) is 35.4 Å². The number of likely N-dealkylation sites (N-methyl/N-ethyl adjacent to an activating group) is 1. The first kappa shape index (κ1) is 26.6. The summed E-state index contributed by atoms with van der Waals surface area (Å²) in [6.07, 6.45) is 0.361. The van der Waals surface area contributed by atoms with Crippen LogP contribution in [0.1, 0.15) is 16.7 Å². The summed E-state index contributed by atoms with van der Waals surface area (Å²) in [5.41, 5.74) is 2.13. The van der Waals surface area contributed by atoms with Gasteiger partial charge >= 0.3 is 0 Å². The van der Waals surface area contributed by atoms with Crippen molar-refractivity contribution >= 4 is 35.2 Å². The number of benzene rings is 3. The number of rotatable bonds is 11. The van der Waals surface area contributed by atoms with Crippen molar-refractivity contribution in [2.24, 2.45) is 0 Å². The predicted molar refractivity (Wildman–Crippen MR) is 139 cm³/mol. The summed E-state index contributed by atoms with van der Waals surface area (Å²) in [6.45, 7) is 0.224. The van der Waals surface area contributed by atoms with Gasteiger partial charge in [0.1, 0.15) is 17.6 Å². The van der Waals surface area contributed by atoms with Crippen molar-refractivity contribution < 1.29 is 18.7 Å². The standard InChI is InChI=1S/C27H28ClFN2O3S/c1-30-27(33)25(15-19-8-4-3-5-9-19)31(16-20-10-6-11-21(14-20)34-2)26(32)18-35-17-22-23(28)12-7-13-24(22)29/h3-14,25H,15-18H2,1-2H3,(H,30,33). The molecule has 0 saturated carbocycles. The summed E-state index contributed by atoms with van der Waals surface area (Å²) in [4.78, 5) is 28.0. The minimum Gasteiger partial charge on any atom is -0.497 e. The molecule has 5 nitrogen and oxygen atoms in total. The highest BCUT2D eigenvalue weighted by molar-refractivity contribution is 7.99. The molecule has 3 aromatic rings. The Morgan fingerprint density at radius 2 is 1.77 bits per heavy atom. The average Bonchev–Trinajstić information content (AvgIpc) is 2.88. The highest BCUT2D eigenvalue weighted by Gasteiger charge is 2.29. The first-order chi connectivity index (χ1) is 16.9. The second kappa shape index (κ2) is 13.2. The molecule has 3 rings (SSSR count). The summed E-state index contributed by atoms with van der Waals surface area (Å²) in [6, 6.07) is 20.8. The van der Waals surface area contributed by atoms with E-state index in [1.807, 2.05) is 54.6 Å². The minimum atomic E-state index is -0.723. The van der Waals surface area contributed by atoms with E-state index in [0.717, 1.165) is 11.1 Å². The Kier molecular flexibility index (Phi) is 9.99. The Balaban J connectivity index is 1.84. The van der Waals surface area contributed by atoms with Gasteiger partial charge in [0.2, 0.25) is 11.8 Å². The van der Waals surface area contributed by atoms with Crippen LogP contribution in [0, 0.1) is 5.82 Å². The molecule has 0 saturated heterocycles. The van der Waals surface area contributed by atoms with Crippen LogP contribution in [0.4, 0.5) is 4.39 Å². The van der Waals surface area contributed by atoms with Gasteiger partial charge in [-0.2, -0.15) is 0 Å². The lowest BCUT2D eigenvalue weighted by Gasteiger charge is -2.31. The van der Waals surface area contributed by atoms with E-state index in [-0.39, 0.29) is 29.9 Å². The van der Waals surface area contributed by atoms with Crippen molar-refractivity contribution in [2.75, 3.05) is 19.9 Å². The molecule has 8 heteroatoms. The van der Waals surface area contributed by atoms with Crippen molar-refractivity contribution in [1.82, 2.24) is 10.2 Å². The van der Waals surface area contributed by atoms with E-state index >= 15 is 0 Å². The fourth-order valence-electron chi connectivity index (χ4n) is 3.68. The van der Waals surface area contributed by atoms with Crippen LogP contribution < -0.4 is 10.1 Å². The third kappa shape index (κ3) is 7.47. The molecular formula is C27H28ClFN2O3S. The van der Waals surface area contributed by atoms with Crippen molar-refractivity contribution in [3.63, 3.8) is 0 Å². The number of carbonyl (C=O) groups excluding carboxylic acids is 2. The maximum Gasteiger partial charge on any atom is 0.242 e. The van der Waals surface area contributed by atoms with Gasteiger partial charge < -0.3 is 15.0 Å². The summed E-state index contributed by atoms with van der Waals surface area (Å²) < 4.78 is 19.5. The summed E-state index contributed by atoms with van der Waals surface area (Å²) in [5, 5.41) is 3.02. The van der Waals surface area contributed by atoms with E-state index in [2.05, 4.69) is 5.32 Å². The molecule has 2 amide bonds. The molecule has 35 heavy (non-hydrogen) atoms. The molecule has 1 unspecified atom stereocenters. The van der Waals surface area contributed by atoms with Crippen LogP contribution in [0.25, 0.3) is 0 Å². The maximum atomic E-state index is 14.2. The highest BCUT2D eigenvalue weighted by atomic mass is 35.5. The first-order valence-corrected chi connectivity index (χ1v) is 12.6. The zero-order valence-corrected chi connectivity index (χ0v) is 21.2. The molecule has 0 aliphatic carbocycles. The number of amides is 2. The van der Waals surface area contributed by atoms with Crippen molar-refractivity contribution in [3.05, 3.63) is 100 Å². The minimum absolute atomic E-state index is 0.0664. The van der Waals surface area contributed by atoms with E-state index < -0.39 is 11.9 Å². The number of hydrogen-bond donors (Lipinski definition) is 1. The Morgan fingerprint density at radius 3 is 2.46 bits per heavy atom. The Morgan fingerprint density at radius 1 is 1.06 bits per heavy atom. The van der Waals surface area contributed by atoms with Gasteiger partial charge in [0, 0.05) is 36.4 Å². The Hall–Kier alpha value is -3.03. The largest absolute Gasteiger partial charge is 0.497 e. The van der Waals surface area contributed by atoms with Crippen LogP contribution in [-0.2, 0) is 28.3 Å². The lowest BCUT2D eigenvalue weighted by molar-refractivity contribution is -0.139. The molecule has 3 aromatic carbocycles. The molecule has 1 N–H and O–H groups in total. The van der Waals surface area contributed by atoms with Crippen LogP contribution in [0.15, 0.2) is 72.8 Å². The van der Waals surface area contributed by atoms with Crippen LogP contribution >= 0.6 is 23.4 Å². The molecule has 1 atom stereocenters. The van der Waals surface area contributed by atoms with E-state index in [9.17, 15) is 14.0 Å². The molecule has 0 aromatic heterocycles. The van der Waals surface area contributed by atoms with Crippen molar-refractivity contribution in [1.29, 1.82) is 0 Å². The monoisotopic (exact) mass is 514 g/mol. The summed E-state index contributed by atoms with van der Waals surface area (Å²) in [5.74, 6) is 0.0860. The van der Waals surface area contributed by atoms with E-state index in [1.165, 1.54) is 17.8 Å². The van der Waals surface area contributed by atoms with Gasteiger partial charge in [0.25, 0.3) is 0 Å². The number of halogens is 2. The SMILES string of the molecule is CNC(=O)C(Cc1ccccc1)N(Cc1cccc(OC)c1)C(=O)CSCc1c(F)cccc1Cl. The maximum absolute atomic E-state index is 14.2. The van der Waals surface area contributed by atoms with Gasteiger partial charge in [0.15, 0.2) is 0 Å². The predicted octanol–water partition coefficient (Wildman–Crippen LogP) is 5.11. The third-order valence-corrected chi connectivity index (χ3v) is 6.84. The zero-order valence-electron chi connectivity index (χ0n) is 19.7. The molecule has 0 heterocycles. The molecule has 0 aliphatic rings. The van der Waals surface area contributed by atoms with Gasteiger partial charge in [-0.25, -0.2) is 4.39 Å². The topological polar surface area (TPSA) is 58.6 Å². The normalized spacial score (nSPS) is 11.5. The molecule has 0 spiro atoms. The lowest BCUT2D eigenvalue weighted by Crippen LogP contribution is -2.50. The summed E-state index contributed by atoms with van der Waals surface area (Å²) in [7, 11) is 3.14. The number of thioether (sulfide) groups is 1. The molecule has 0 fully saturated rings. The summed E-state index contributed by atoms with van der Waals surface area (Å²) >= 11 is 7.39. The fourth-order valence-corrected chi connectivity index (χ4v) is 4.93. The van der Waals surface area contributed by atoms with Gasteiger partial charge in [-0.3, -0.25) is 9.59 Å². The molecule has 184 valence electrons. The molecule has 0 bridgehead atoms. The van der Waals surface area contributed by atoms with Crippen molar-refractivity contribution in [3.8, 4) is 5.75 Å². The highest BCUT2D eigenvalue weighted by Crippen LogP contribution is 2.25. The molecule has 0 aliphatic heterocycles. The second-order valence-electron chi connectivity index (χ2n) is 7.89.